The van der Waals surface area contributed by atoms with Gasteiger partial charge in [0.15, 0.2) is 0 Å². The van der Waals surface area contributed by atoms with Crippen LogP contribution in [0.2, 0.25) is 0 Å². The molecule has 0 amide bonds. The minimum absolute atomic E-state index is 0.0325. The summed E-state index contributed by atoms with van der Waals surface area (Å²) in [6, 6.07) is -0.0325. The maximum Gasteiger partial charge on any atom is 0.323 e. The zero-order valence-electron chi connectivity index (χ0n) is 10.8. The van der Waals surface area contributed by atoms with Crippen LogP contribution in [0.4, 0.5) is 0 Å². The van der Waals surface area contributed by atoms with E-state index in [0.717, 1.165) is 38.8 Å². The Morgan fingerprint density at radius 2 is 1.82 bits per heavy atom. The molecule has 1 N–H and O–H groups in total. The number of ether oxygens (including phenoxy) is 1. The van der Waals surface area contributed by atoms with E-state index in [9.17, 15) is 9.90 Å². The van der Waals surface area contributed by atoms with Crippen LogP contribution in [0.5, 0.6) is 0 Å². The van der Waals surface area contributed by atoms with Gasteiger partial charge in [0.05, 0.1) is 13.2 Å². The van der Waals surface area contributed by atoms with Crippen LogP contribution >= 0.6 is 0 Å². The minimum atomic E-state index is -0.227. The highest BCUT2D eigenvalue weighted by Crippen LogP contribution is 2.37. The lowest BCUT2D eigenvalue weighted by molar-refractivity contribution is -0.148. The molecule has 0 spiro atoms. The summed E-state index contributed by atoms with van der Waals surface area (Å²) in [6.45, 7) is 3.68. The van der Waals surface area contributed by atoms with Crippen LogP contribution in [0, 0.1) is 11.8 Å². The molecule has 0 bridgehead atoms. The fourth-order valence-electron chi connectivity index (χ4n) is 2.85. The van der Waals surface area contributed by atoms with Crippen molar-refractivity contribution in [2.75, 3.05) is 20.2 Å². The third-order valence-corrected chi connectivity index (χ3v) is 4.16. The Hall–Kier alpha value is -0.610. The van der Waals surface area contributed by atoms with Crippen molar-refractivity contribution < 1.29 is 14.6 Å². The molecule has 0 aromatic rings. The second-order valence-corrected chi connectivity index (χ2v) is 5.42. The van der Waals surface area contributed by atoms with Gasteiger partial charge in [-0.25, -0.2) is 0 Å². The zero-order valence-corrected chi connectivity index (χ0v) is 10.8. The van der Waals surface area contributed by atoms with Crippen molar-refractivity contribution in [3.63, 3.8) is 0 Å². The molecule has 0 aromatic heterocycles. The lowest BCUT2D eigenvalue weighted by atomic mass is 9.91. The van der Waals surface area contributed by atoms with E-state index in [0.29, 0.717) is 11.8 Å². The largest absolute Gasteiger partial charge is 0.468 e. The minimum Gasteiger partial charge on any atom is -0.468 e. The summed E-state index contributed by atoms with van der Waals surface area (Å²) >= 11 is 0. The fraction of sp³-hybridized carbons (Fsp3) is 0.923. The van der Waals surface area contributed by atoms with Crippen molar-refractivity contribution >= 4 is 5.97 Å². The standard InChI is InChI=1S/C13H23NO3/c1-9(15)10-5-7-14(8-6-10)12(11-3-4-11)13(16)17-2/h9-12,15H,3-8H2,1-2H3. The maximum absolute atomic E-state index is 11.8. The first-order valence-corrected chi connectivity index (χ1v) is 6.63. The van der Waals surface area contributed by atoms with Crippen molar-refractivity contribution in [1.29, 1.82) is 0 Å². The molecule has 2 unspecified atom stereocenters. The lowest BCUT2D eigenvalue weighted by Gasteiger charge is -2.37. The van der Waals surface area contributed by atoms with Gasteiger partial charge in [-0.2, -0.15) is 0 Å². The average molecular weight is 241 g/mol. The highest BCUT2D eigenvalue weighted by molar-refractivity contribution is 5.76. The smallest absolute Gasteiger partial charge is 0.323 e. The molecule has 1 heterocycles. The summed E-state index contributed by atoms with van der Waals surface area (Å²) in [4.78, 5) is 14.0. The number of hydrogen-bond donors (Lipinski definition) is 1. The van der Waals surface area contributed by atoms with Gasteiger partial charge in [0.1, 0.15) is 6.04 Å². The Bertz CT molecular complexity index is 268. The number of likely N-dealkylation sites (tertiary alicyclic amines) is 1. The molecule has 2 atom stereocenters. The van der Waals surface area contributed by atoms with E-state index in [4.69, 9.17) is 4.74 Å². The highest BCUT2D eigenvalue weighted by atomic mass is 16.5. The highest BCUT2D eigenvalue weighted by Gasteiger charge is 2.42. The average Bonchev–Trinajstić information content (AvgIpc) is 3.14. The van der Waals surface area contributed by atoms with Crippen LogP contribution in [-0.2, 0) is 9.53 Å². The number of rotatable bonds is 4. The number of esters is 1. The Morgan fingerprint density at radius 3 is 2.24 bits per heavy atom. The van der Waals surface area contributed by atoms with Crippen LogP contribution in [0.15, 0.2) is 0 Å². The van der Waals surface area contributed by atoms with Crippen molar-refractivity contribution in [2.45, 2.75) is 44.8 Å². The van der Waals surface area contributed by atoms with Crippen molar-refractivity contribution in [3.8, 4) is 0 Å². The zero-order chi connectivity index (χ0) is 12.4. The Balaban J connectivity index is 1.91. The van der Waals surface area contributed by atoms with Crippen LogP contribution in [-0.4, -0.2) is 48.3 Å². The van der Waals surface area contributed by atoms with Gasteiger partial charge in [-0.3, -0.25) is 9.69 Å². The van der Waals surface area contributed by atoms with Crippen LogP contribution < -0.4 is 0 Å². The van der Waals surface area contributed by atoms with Crippen LogP contribution in [0.3, 0.4) is 0 Å². The van der Waals surface area contributed by atoms with Gasteiger partial charge in [0.25, 0.3) is 0 Å². The molecule has 1 saturated carbocycles. The summed E-state index contributed by atoms with van der Waals surface area (Å²) < 4.78 is 4.91. The first kappa shape index (κ1) is 12.8. The van der Waals surface area contributed by atoms with Gasteiger partial charge in [-0.05, 0) is 57.5 Å². The van der Waals surface area contributed by atoms with Gasteiger partial charge < -0.3 is 9.84 Å². The molecule has 4 heteroatoms. The van der Waals surface area contributed by atoms with E-state index in [1.54, 1.807) is 0 Å². The Morgan fingerprint density at radius 1 is 1.24 bits per heavy atom. The molecule has 98 valence electrons. The van der Waals surface area contributed by atoms with E-state index in [1.807, 2.05) is 6.92 Å². The second-order valence-electron chi connectivity index (χ2n) is 5.42. The van der Waals surface area contributed by atoms with E-state index in [-0.39, 0.29) is 18.1 Å². The van der Waals surface area contributed by atoms with E-state index in [2.05, 4.69) is 4.90 Å². The van der Waals surface area contributed by atoms with Crippen molar-refractivity contribution in [1.82, 2.24) is 4.90 Å². The molecule has 2 aliphatic rings. The van der Waals surface area contributed by atoms with Crippen LogP contribution in [0.1, 0.15) is 32.6 Å². The molecular weight excluding hydrogens is 218 g/mol. The SMILES string of the molecule is COC(=O)C(C1CC1)N1CCC(C(C)O)CC1. The third-order valence-electron chi connectivity index (χ3n) is 4.16. The summed E-state index contributed by atoms with van der Waals surface area (Å²) in [7, 11) is 1.47. The monoisotopic (exact) mass is 241 g/mol. The van der Waals surface area contributed by atoms with Gasteiger partial charge in [0.2, 0.25) is 0 Å². The number of carbonyl (C=O) groups excluding carboxylic acids is 1. The number of nitrogens with zero attached hydrogens (tertiary/aromatic N) is 1. The predicted molar refractivity (Wildman–Crippen MR) is 64.5 cm³/mol. The molecular formula is C13H23NO3. The topological polar surface area (TPSA) is 49.8 Å². The van der Waals surface area contributed by atoms with E-state index >= 15 is 0 Å². The number of aliphatic hydroxyl groups is 1. The number of piperidine rings is 1. The predicted octanol–water partition coefficient (Wildman–Crippen LogP) is 1.03. The Kier molecular flexibility index (Phi) is 4.05. The quantitative estimate of drug-likeness (QED) is 0.747. The van der Waals surface area contributed by atoms with E-state index in [1.165, 1.54) is 7.11 Å². The summed E-state index contributed by atoms with van der Waals surface area (Å²) in [6.07, 6.45) is 4.04. The first-order chi connectivity index (χ1) is 8.13. The van der Waals surface area contributed by atoms with Gasteiger partial charge >= 0.3 is 5.97 Å². The van der Waals surface area contributed by atoms with Crippen LogP contribution in [0.25, 0.3) is 0 Å². The molecule has 17 heavy (non-hydrogen) atoms. The molecule has 2 rings (SSSR count). The summed E-state index contributed by atoms with van der Waals surface area (Å²) in [5, 5.41) is 9.57. The van der Waals surface area contributed by atoms with Gasteiger partial charge in [0, 0.05) is 0 Å². The first-order valence-electron chi connectivity index (χ1n) is 6.63. The lowest BCUT2D eigenvalue weighted by Crippen LogP contribution is -2.48. The van der Waals surface area contributed by atoms with Gasteiger partial charge in [-0.1, -0.05) is 0 Å². The van der Waals surface area contributed by atoms with Crippen molar-refractivity contribution in [3.05, 3.63) is 0 Å². The third kappa shape index (κ3) is 2.99. The molecule has 4 nitrogen and oxygen atoms in total. The number of hydrogen-bond acceptors (Lipinski definition) is 4. The molecule has 1 aliphatic carbocycles. The second kappa shape index (κ2) is 5.36. The number of aliphatic hydroxyl groups excluding tert-OH is 1. The molecule has 1 aliphatic heterocycles. The fourth-order valence-corrected chi connectivity index (χ4v) is 2.85. The number of carbonyl (C=O) groups is 1. The van der Waals surface area contributed by atoms with Crippen molar-refractivity contribution in [2.24, 2.45) is 11.8 Å². The molecule has 0 aromatic carbocycles. The summed E-state index contributed by atoms with van der Waals surface area (Å²) in [5.74, 6) is 0.817. The van der Waals surface area contributed by atoms with Gasteiger partial charge in [-0.15, -0.1) is 0 Å². The molecule has 0 radical (unpaired) electrons. The maximum atomic E-state index is 11.8. The Labute approximate surface area is 103 Å². The van der Waals surface area contributed by atoms with E-state index < -0.39 is 0 Å². The molecule has 1 saturated heterocycles. The summed E-state index contributed by atoms with van der Waals surface area (Å²) in [5.41, 5.74) is 0. The molecule has 2 fully saturated rings. The normalized spacial score (nSPS) is 26.5. The number of methoxy groups -OCH3 is 1.